The molecule has 0 saturated heterocycles. The Hall–Kier alpha value is 0.451. The molecule has 0 spiro atoms. The van der Waals surface area contributed by atoms with Gasteiger partial charge in [-0.15, -0.1) is 0 Å². The monoisotopic (exact) mass is 242 g/mol. The summed E-state index contributed by atoms with van der Waals surface area (Å²) >= 11 is 0. The van der Waals surface area contributed by atoms with E-state index in [1.54, 1.807) is 0 Å². The fourth-order valence-corrected chi connectivity index (χ4v) is 8.90. The molecule has 0 heterocycles. The molecule has 3 N–H and O–H groups in total. The van der Waals surface area contributed by atoms with Crippen molar-refractivity contribution in [3.63, 3.8) is 0 Å². The molecule has 8 heteroatoms. The van der Waals surface area contributed by atoms with Crippen LogP contribution >= 0.6 is 0 Å². The highest BCUT2D eigenvalue weighted by atomic mass is 28.5. The Morgan fingerprint density at radius 2 is 0.923 bits per heavy atom. The van der Waals surface area contributed by atoms with Gasteiger partial charge in [0, 0.05) is 6.55 Å². The van der Waals surface area contributed by atoms with Gasteiger partial charge in [0.15, 0.2) is 0 Å². The Labute approximate surface area is 81.8 Å². The van der Waals surface area contributed by atoms with Crippen LogP contribution in [0.25, 0.3) is 0 Å². The van der Waals surface area contributed by atoms with E-state index in [2.05, 4.69) is 0 Å². The molecule has 0 bridgehead atoms. The molecule has 80 valence electrons. The van der Waals surface area contributed by atoms with Crippen molar-refractivity contribution < 1.29 is 22.6 Å². The van der Waals surface area contributed by atoms with Crippen LogP contribution in [0.1, 0.15) is 0 Å². The van der Waals surface area contributed by atoms with Gasteiger partial charge in [0.2, 0.25) is 0 Å². The second-order valence-corrected chi connectivity index (χ2v) is 13.2. The molecule has 0 aromatic carbocycles. The van der Waals surface area contributed by atoms with Gasteiger partial charge in [0.25, 0.3) is 0 Å². The molecule has 0 amide bonds. The maximum absolute atomic E-state index is 9.63. The van der Waals surface area contributed by atoms with Crippen LogP contribution in [-0.2, 0) is 8.23 Å². The first-order chi connectivity index (χ1) is 5.41. The Morgan fingerprint density at radius 1 is 0.692 bits per heavy atom. The quantitative estimate of drug-likeness (QED) is 0.603. The van der Waals surface area contributed by atoms with Gasteiger partial charge in [-0.05, 0) is 26.2 Å². The van der Waals surface area contributed by atoms with E-state index in [1.807, 2.05) is 0 Å². The lowest BCUT2D eigenvalue weighted by atomic mass is 11.9. The summed E-state index contributed by atoms with van der Waals surface area (Å²) in [6.07, 6.45) is 0. The topological polar surface area (TPSA) is 79.2 Å². The van der Waals surface area contributed by atoms with E-state index in [0.717, 1.165) is 0 Å². The van der Waals surface area contributed by atoms with Crippen LogP contribution in [0.2, 0.25) is 32.7 Å². The fraction of sp³-hybridized carbons (Fsp3) is 1.00. The van der Waals surface area contributed by atoms with Crippen LogP contribution in [0.5, 0.6) is 0 Å². The second kappa shape index (κ2) is 3.90. The van der Waals surface area contributed by atoms with Crippen molar-refractivity contribution in [1.82, 2.24) is 0 Å². The lowest BCUT2D eigenvalue weighted by molar-refractivity contribution is 0.205. The van der Waals surface area contributed by atoms with Crippen LogP contribution in [0.4, 0.5) is 0 Å². The highest BCUT2D eigenvalue weighted by Gasteiger charge is 2.42. The maximum atomic E-state index is 9.63. The summed E-state index contributed by atoms with van der Waals surface area (Å²) in [7, 11) is -8.94. The van der Waals surface area contributed by atoms with E-state index in [4.69, 9.17) is 8.23 Å². The number of hydrogen-bond donors (Lipinski definition) is 3. The molecule has 0 rings (SSSR count). The van der Waals surface area contributed by atoms with Gasteiger partial charge in [-0.3, -0.25) is 0 Å². The van der Waals surface area contributed by atoms with Crippen molar-refractivity contribution >= 4 is 25.9 Å². The van der Waals surface area contributed by atoms with Crippen LogP contribution < -0.4 is 0 Å². The fourth-order valence-electron chi connectivity index (χ4n) is 0.948. The second-order valence-electron chi connectivity index (χ2n) is 4.00. The first kappa shape index (κ1) is 13.5. The zero-order chi connectivity index (χ0) is 10.9. The largest absolute Gasteiger partial charge is 0.477 e. The highest BCUT2D eigenvalue weighted by Crippen LogP contribution is 2.14. The van der Waals surface area contributed by atoms with Gasteiger partial charge in [-0.1, -0.05) is 0 Å². The maximum Gasteiger partial charge on any atom is 0.477 e. The zero-order valence-corrected chi connectivity index (χ0v) is 11.7. The van der Waals surface area contributed by atoms with Crippen molar-refractivity contribution in [2.45, 2.75) is 32.7 Å². The molecule has 13 heavy (non-hydrogen) atoms. The molecule has 0 atom stereocenters. The molecule has 0 radical (unpaired) electrons. The van der Waals surface area contributed by atoms with Crippen LogP contribution in [-0.4, -0.2) is 40.3 Å². The van der Waals surface area contributed by atoms with E-state index < -0.39 is 25.9 Å². The average Bonchev–Trinajstić information content (AvgIpc) is 1.43. The third-order valence-electron chi connectivity index (χ3n) is 0.878. The third-order valence-corrected chi connectivity index (χ3v) is 7.90. The van der Waals surface area contributed by atoms with E-state index in [-0.39, 0.29) is 0 Å². The lowest BCUT2D eigenvalue weighted by Crippen LogP contribution is -2.54. The molecule has 0 unspecified atom stereocenters. The van der Waals surface area contributed by atoms with E-state index >= 15 is 0 Å². The predicted molar refractivity (Wildman–Crippen MR) is 55.4 cm³/mol. The summed E-state index contributed by atoms with van der Waals surface area (Å²) in [5, 5.41) is 0. The van der Waals surface area contributed by atoms with Crippen LogP contribution in [0.15, 0.2) is 0 Å². The summed E-state index contributed by atoms with van der Waals surface area (Å²) in [4.78, 5) is 28.4. The van der Waals surface area contributed by atoms with Gasteiger partial charge in [0.1, 0.15) is 0 Å². The molecule has 0 aliphatic heterocycles. The minimum absolute atomic E-state index is 1.39. The van der Waals surface area contributed by atoms with Gasteiger partial charge in [-0.2, -0.15) is 0 Å². The summed E-state index contributed by atoms with van der Waals surface area (Å²) in [6.45, 7) is 7.52. The van der Waals surface area contributed by atoms with Gasteiger partial charge >= 0.3 is 25.9 Å². The van der Waals surface area contributed by atoms with Crippen LogP contribution in [0.3, 0.4) is 0 Å². The van der Waals surface area contributed by atoms with E-state index in [1.165, 1.54) is 32.7 Å². The van der Waals surface area contributed by atoms with Crippen molar-refractivity contribution in [2.24, 2.45) is 0 Å². The summed E-state index contributed by atoms with van der Waals surface area (Å²) in [5.41, 5.74) is 0. The first-order valence-electron chi connectivity index (χ1n) is 3.99. The normalized spacial score (nSPS) is 14.8. The minimum Gasteiger partial charge on any atom is -0.411 e. The van der Waals surface area contributed by atoms with E-state index in [9.17, 15) is 14.4 Å². The number of rotatable bonds is 4. The summed E-state index contributed by atoms with van der Waals surface area (Å²) in [6, 6.07) is 0. The molecule has 0 saturated carbocycles. The highest BCUT2D eigenvalue weighted by molar-refractivity contribution is 6.80. The van der Waals surface area contributed by atoms with Gasteiger partial charge < -0.3 is 22.6 Å². The summed E-state index contributed by atoms with van der Waals surface area (Å²) in [5.74, 6) is 0. The van der Waals surface area contributed by atoms with Gasteiger partial charge in [0.05, 0.1) is 0 Å². The van der Waals surface area contributed by atoms with Crippen molar-refractivity contribution in [1.29, 1.82) is 0 Å². The Morgan fingerprint density at radius 3 is 1.08 bits per heavy atom. The predicted octanol–water partition coefficient (Wildman–Crippen LogP) is -0.0312. The van der Waals surface area contributed by atoms with Crippen molar-refractivity contribution in [3.8, 4) is 0 Å². The Balaban J connectivity index is 4.25. The third kappa shape index (κ3) is 8.77. The molecule has 0 aromatic heterocycles. The Bertz CT molecular complexity index is 152. The standard InChI is InChI=1S/C5H18O5Si3/c1-11(2,6)9-13(5,8)10-12(3,4)7/h6-8H,1-5H3. The molecule has 0 aromatic rings. The zero-order valence-electron chi connectivity index (χ0n) is 8.66. The smallest absolute Gasteiger partial charge is 0.411 e. The summed E-state index contributed by atoms with van der Waals surface area (Å²) < 4.78 is 10.1. The van der Waals surface area contributed by atoms with Crippen molar-refractivity contribution in [3.05, 3.63) is 0 Å². The average molecular weight is 242 g/mol. The molecular formula is C5H18O5Si3. The molecule has 0 fully saturated rings. The SMILES string of the molecule is C[Si](C)(O)O[Si](C)(O)O[Si](C)(C)O. The first-order valence-corrected chi connectivity index (χ1v) is 12.0. The molecule has 5 nitrogen and oxygen atoms in total. The van der Waals surface area contributed by atoms with Gasteiger partial charge in [-0.25, -0.2) is 0 Å². The van der Waals surface area contributed by atoms with Crippen LogP contribution in [0, 0.1) is 0 Å². The lowest BCUT2D eigenvalue weighted by Gasteiger charge is -2.30. The Kier molecular flexibility index (Phi) is 4.04. The molecule has 0 aliphatic carbocycles. The number of hydrogen-bond acceptors (Lipinski definition) is 5. The van der Waals surface area contributed by atoms with Crippen molar-refractivity contribution in [2.75, 3.05) is 0 Å². The van der Waals surface area contributed by atoms with E-state index in [0.29, 0.717) is 0 Å². The molecular weight excluding hydrogens is 224 g/mol. The minimum atomic E-state index is -3.35. The molecule has 0 aliphatic rings.